The highest BCUT2D eigenvalue weighted by Gasteiger charge is 2.70. The number of hydrogen-bond acceptors (Lipinski definition) is 6. The number of ether oxygens (including phenoxy) is 2. The summed E-state index contributed by atoms with van der Waals surface area (Å²) in [6.45, 7) is 0. The van der Waals surface area contributed by atoms with Crippen LogP contribution in [0.3, 0.4) is 0 Å². The second-order valence-electron chi connectivity index (χ2n) is 6.33. The molecule has 1 aliphatic carbocycles. The van der Waals surface area contributed by atoms with Gasteiger partial charge in [-0.2, -0.15) is 0 Å². The van der Waals surface area contributed by atoms with E-state index in [1.807, 2.05) is 0 Å². The van der Waals surface area contributed by atoms with Gasteiger partial charge in [0, 0.05) is 22.8 Å². The van der Waals surface area contributed by atoms with E-state index in [9.17, 15) is 20.0 Å². The lowest BCUT2D eigenvalue weighted by Crippen LogP contribution is -2.67. The van der Waals surface area contributed by atoms with Crippen LogP contribution in [0.5, 0.6) is 0 Å². The summed E-state index contributed by atoms with van der Waals surface area (Å²) < 4.78 is 10.1. The maximum Gasteiger partial charge on any atom is 0.373 e. The quantitative estimate of drug-likeness (QED) is 0.501. The molecule has 0 bridgehead atoms. The highest BCUT2D eigenvalue weighted by atomic mass is 35.5. The van der Waals surface area contributed by atoms with E-state index < -0.39 is 28.1 Å². The van der Waals surface area contributed by atoms with E-state index >= 15 is 0 Å². The Labute approximate surface area is 149 Å². The zero-order valence-electron chi connectivity index (χ0n) is 13.6. The summed E-state index contributed by atoms with van der Waals surface area (Å²) in [5, 5.41) is 23.6. The molecule has 0 amide bonds. The van der Waals surface area contributed by atoms with E-state index in [0.29, 0.717) is 23.4 Å². The van der Waals surface area contributed by atoms with Crippen molar-refractivity contribution in [2.24, 2.45) is 0 Å². The first-order valence-corrected chi connectivity index (χ1v) is 8.33. The first-order chi connectivity index (χ1) is 11.8. The molecule has 1 heterocycles. The molecule has 1 aromatic rings. The third-order valence-electron chi connectivity index (χ3n) is 5.03. The van der Waals surface area contributed by atoms with E-state index in [1.54, 1.807) is 24.3 Å². The summed E-state index contributed by atoms with van der Waals surface area (Å²) in [6.07, 6.45) is 2.67. The number of rotatable bonds is 3. The molecule has 7 nitrogen and oxygen atoms in total. The van der Waals surface area contributed by atoms with Crippen LogP contribution in [0.15, 0.2) is 36.1 Å². The number of benzene rings is 1. The summed E-state index contributed by atoms with van der Waals surface area (Å²) in [5.74, 6) is -3.99. The number of esters is 1. The molecule has 1 aromatic carbocycles. The van der Waals surface area contributed by atoms with E-state index in [1.165, 1.54) is 13.2 Å². The molecule has 0 aromatic heterocycles. The van der Waals surface area contributed by atoms with Crippen LogP contribution in [0, 0.1) is 10.1 Å². The molecule has 1 fully saturated rings. The maximum absolute atomic E-state index is 12.1. The molecule has 3 rings (SSSR count). The fourth-order valence-electron chi connectivity index (χ4n) is 3.84. The Morgan fingerprint density at radius 2 is 2.16 bits per heavy atom. The number of fused-ring (bicyclic) bond motifs is 1. The van der Waals surface area contributed by atoms with Crippen molar-refractivity contribution >= 4 is 17.6 Å². The summed E-state index contributed by atoms with van der Waals surface area (Å²) in [4.78, 5) is 23.6. The number of carbonyl (C=O) groups is 1. The predicted octanol–water partition coefficient (Wildman–Crippen LogP) is 2.79. The van der Waals surface area contributed by atoms with Crippen LogP contribution in [-0.4, -0.2) is 34.4 Å². The first-order valence-electron chi connectivity index (χ1n) is 7.95. The predicted molar refractivity (Wildman–Crippen MR) is 88.5 cm³/mol. The van der Waals surface area contributed by atoms with Crippen LogP contribution in [0.4, 0.5) is 0 Å². The number of nitro groups is 1. The second kappa shape index (κ2) is 6.31. The number of hydrogen-bond donors (Lipinski definition) is 1. The van der Waals surface area contributed by atoms with Gasteiger partial charge in [0.25, 0.3) is 11.3 Å². The molecule has 1 N–H and O–H groups in total. The fourth-order valence-corrected chi connectivity index (χ4v) is 4.04. The minimum atomic E-state index is -2.10. The SMILES string of the molecule is COC(=O)C1=C[C@H](c2cccc(Cl)c2)[C@]2([N+](=O)[O-])CCCC[C@]2(O)O1. The van der Waals surface area contributed by atoms with E-state index in [-0.39, 0.29) is 18.6 Å². The molecule has 1 aliphatic heterocycles. The lowest BCUT2D eigenvalue weighted by Gasteiger charge is -2.48. The molecule has 0 spiro atoms. The molecule has 8 heteroatoms. The van der Waals surface area contributed by atoms with Crippen molar-refractivity contribution in [1.29, 1.82) is 0 Å². The molecule has 2 aliphatic rings. The zero-order valence-corrected chi connectivity index (χ0v) is 14.4. The topological polar surface area (TPSA) is 98.9 Å². The highest BCUT2D eigenvalue weighted by molar-refractivity contribution is 6.30. The molecular formula is C17H18ClNO6. The van der Waals surface area contributed by atoms with Gasteiger partial charge in [-0.3, -0.25) is 10.1 Å². The van der Waals surface area contributed by atoms with Crippen molar-refractivity contribution in [2.75, 3.05) is 7.11 Å². The van der Waals surface area contributed by atoms with Gasteiger partial charge in [-0.05, 0) is 36.6 Å². The number of aliphatic hydroxyl groups is 1. The van der Waals surface area contributed by atoms with E-state index in [0.717, 1.165) is 0 Å². The number of nitrogens with zero attached hydrogens (tertiary/aromatic N) is 1. The van der Waals surface area contributed by atoms with Gasteiger partial charge in [0.05, 0.1) is 13.0 Å². The number of carbonyl (C=O) groups excluding carboxylic acids is 1. The highest BCUT2D eigenvalue weighted by Crippen LogP contribution is 2.53. The van der Waals surface area contributed by atoms with Crippen LogP contribution in [-0.2, 0) is 14.3 Å². The van der Waals surface area contributed by atoms with Gasteiger partial charge in [0.1, 0.15) is 0 Å². The van der Waals surface area contributed by atoms with Crippen molar-refractivity contribution in [2.45, 2.75) is 42.9 Å². The molecule has 0 radical (unpaired) electrons. The summed E-state index contributed by atoms with van der Waals surface area (Å²) in [5.41, 5.74) is -1.26. The number of halogens is 1. The Hall–Kier alpha value is -2.12. The first kappa shape index (κ1) is 17.7. The van der Waals surface area contributed by atoms with Crippen LogP contribution in [0.1, 0.15) is 37.2 Å². The van der Waals surface area contributed by atoms with Crippen molar-refractivity contribution in [3.8, 4) is 0 Å². The van der Waals surface area contributed by atoms with Crippen molar-refractivity contribution in [3.63, 3.8) is 0 Å². The van der Waals surface area contributed by atoms with Crippen LogP contribution in [0.2, 0.25) is 5.02 Å². The van der Waals surface area contributed by atoms with Gasteiger partial charge in [-0.15, -0.1) is 0 Å². The van der Waals surface area contributed by atoms with E-state index in [2.05, 4.69) is 4.74 Å². The Kier molecular flexibility index (Phi) is 4.47. The van der Waals surface area contributed by atoms with Crippen molar-refractivity contribution in [3.05, 3.63) is 56.8 Å². The monoisotopic (exact) mass is 367 g/mol. The Morgan fingerprint density at radius 3 is 2.80 bits per heavy atom. The molecular weight excluding hydrogens is 350 g/mol. The maximum atomic E-state index is 12.1. The normalized spacial score (nSPS) is 31.3. The van der Waals surface area contributed by atoms with Crippen LogP contribution in [0.25, 0.3) is 0 Å². The fraction of sp³-hybridized carbons (Fsp3) is 0.471. The third-order valence-corrected chi connectivity index (χ3v) is 5.27. The van der Waals surface area contributed by atoms with Crippen molar-refractivity contribution < 1.29 is 24.3 Å². The van der Waals surface area contributed by atoms with Gasteiger partial charge in [-0.25, -0.2) is 4.79 Å². The minimum absolute atomic E-state index is 0.0549. The van der Waals surface area contributed by atoms with Gasteiger partial charge in [-0.1, -0.05) is 23.7 Å². The van der Waals surface area contributed by atoms with Crippen LogP contribution >= 0.6 is 11.6 Å². The molecule has 3 atom stereocenters. The Balaban J connectivity index is 2.23. The largest absolute Gasteiger partial charge is 0.463 e. The zero-order chi connectivity index (χ0) is 18.2. The third kappa shape index (κ3) is 2.67. The smallest absolute Gasteiger partial charge is 0.373 e. The van der Waals surface area contributed by atoms with Gasteiger partial charge in [0.15, 0.2) is 0 Å². The summed E-state index contributed by atoms with van der Waals surface area (Å²) >= 11 is 6.05. The molecule has 0 saturated heterocycles. The summed E-state index contributed by atoms with van der Waals surface area (Å²) in [6, 6.07) is 6.62. The average molecular weight is 368 g/mol. The van der Waals surface area contributed by atoms with Gasteiger partial charge >= 0.3 is 5.97 Å². The lowest BCUT2D eigenvalue weighted by molar-refractivity contribution is -0.623. The lowest BCUT2D eigenvalue weighted by atomic mass is 9.65. The standard InChI is InChI=1S/C17H18ClNO6/c1-24-15(20)14-10-13(11-5-4-6-12(18)9-11)16(19(22)23)7-2-3-8-17(16,21)25-14/h4-6,9-10,13,21H,2-3,7-8H2,1H3/t13-,16-,17+/m1/s1. The Bertz CT molecular complexity index is 750. The van der Waals surface area contributed by atoms with Gasteiger partial charge in [0.2, 0.25) is 5.76 Å². The minimum Gasteiger partial charge on any atom is -0.463 e. The average Bonchev–Trinajstić information content (AvgIpc) is 2.59. The van der Waals surface area contributed by atoms with Crippen molar-refractivity contribution in [1.82, 2.24) is 0 Å². The summed E-state index contributed by atoms with van der Waals surface area (Å²) in [7, 11) is 1.18. The molecule has 1 saturated carbocycles. The number of methoxy groups -OCH3 is 1. The molecule has 25 heavy (non-hydrogen) atoms. The molecule has 0 unspecified atom stereocenters. The Morgan fingerprint density at radius 1 is 1.44 bits per heavy atom. The van der Waals surface area contributed by atoms with Crippen LogP contribution < -0.4 is 0 Å². The second-order valence-corrected chi connectivity index (χ2v) is 6.77. The molecule has 134 valence electrons. The van der Waals surface area contributed by atoms with Gasteiger partial charge < -0.3 is 14.6 Å². The van der Waals surface area contributed by atoms with E-state index in [4.69, 9.17) is 16.3 Å².